The van der Waals surface area contributed by atoms with Crippen molar-refractivity contribution >= 4 is 44.5 Å². The molecule has 0 aromatic heterocycles. The van der Waals surface area contributed by atoms with E-state index in [1.807, 2.05) is 28.7 Å². The Hall–Kier alpha value is -0.610. The van der Waals surface area contributed by atoms with Crippen LogP contribution in [-0.2, 0) is 4.74 Å². The van der Waals surface area contributed by atoms with Gasteiger partial charge in [0.05, 0.1) is 18.2 Å². The summed E-state index contributed by atoms with van der Waals surface area (Å²) >= 11 is 5.30. The van der Waals surface area contributed by atoms with Crippen LogP contribution in [0.4, 0.5) is 0 Å². The van der Waals surface area contributed by atoms with Crippen LogP contribution in [0.5, 0.6) is 0 Å². The third kappa shape index (κ3) is 2.25. The minimum atomic E-state index is -0.446. The van der Waals surface area contributed by atoms with Gasteiger partial charge >= 0.3 is 5.97 Å². The zero-order valence-corrected chi connectivity index (χ0v) is 10.9. The summed E-state index contributed by atoms with van der Waals surface area (Å²) in [5.74, 6) is -0.446. The highest BCUT2D eigenvalue weighted by molar-refractivity contribution is 14.1. The number of carbonyl (C=O) groups is 1. The van der Waals surface area contributed by atoms with Crippen molar-refractivity contribution in [3.8, 4) is 6.07 Å². The van der Waals surface area contributed by atoms with Crippen molar-refractivity contribution in [3.63, 3.8) is 0 Å². The van der Waals surface area contributed by atoms with E-state index < -0.39 is 5.97 Å². The van der Waals surface area contributed by atoms with Crippen molar-refractivity contribution in [2.24, 2.45) is 0 Å². The fraction of sp³-hybridized carbons (Fsp3) is 0.111. The van der Waals surface area contributed by atoms with E-state index in [1.54, 1.807) is 6.07 Å². The molecule has 14 heavy (non-hydrogen) atoms. The van der Waals surface area contributed by atoms with Crippen LogP contribution >= 0.6 is 38.5 Å². The molecule has 0 spiro atoms. The number of hydrogen-bond acceptors (Lipinski definition) is 3. The highest BCUT2D eigenvalue weighted by atomic mass is 127. The van der Waals surface area contributed by atoms with Crippen molar-refractivity contribution in [2.75, 3.05) is 7.11 Å². The third-order valence-corrected chi connectivity index (χ3v) is 4.10. The summed E-state index contributed by atoms with van der Waals surface area (Å²) in [6.07, 6.45) is 0. The van der Waals surface area contributed by atoms with Crippen molar-refractivity contribution in [2.45, 2.75) is 0 Å². The van der Waals surface area contributed by atoms with E-state index in [1.165, 1.54) is 13.2 Å². The van der Waals surface area contributed by atoms with Crippen LogP contribution in [0.25, 0.3) is 0 Å². The molecule has 0 N–H and O–H groups in total. The summed E-state index contributed by atoms with van der Waals surface area (Å²) in [6.45, 7) is 0. The maximum absolute atomic E-state index is 11.2. The molecule has 0 amide bonds. The number of esters is 1. The van der Waals surface area contributed by atoms with Gasteiger partial charge in [-0.05, 0) is 50.7 Å². The molecule has 0 bridgehead atoms. The first-order valence-electron chi connectivity index (χ1n) is 3.57. The van der Waals surface area contributed by atoms with E-state index in [0.717, 1.165) is 8.04 Å². The van der Waals surface area contributed by atoms with Crippen LogP contribution in [0.1, 0.15) is 15.9 Å². The lowest BCUT2D eigenvalue weighted by atomic mass is 10.1. The van der Waals surface area contributed by atoms with Crippen molar-refractivity contribution < 1.29 is 9.53 Å². The van der Waals surface area contributed by atoms with Crippen LogP contribution in [0.2, 0.25) is 0 Å². The molecule has 72 valence electrons. The zero-order chi connectivity index (χ0) is 10.7. The normalized spacial score (nSPS) is 9.29. The fourth-order valence-electron chi connectivity index (χ4n) is 0.906. The average Bonchev–Trinajstić information content (AvgIpc) is 2.20. The average molecular weight is 366 g/mol. The number of ether oxygens (including phenoxy) is 1. The number of methoxy groups -OCH3 is 1. The molecular weight excluding hydrogens is 361 g/mol. The molecule has 0 heterocycles. The van der Waals surface area contributed by atoms with Crippen molar-refractivity contribution in [1.29, 1.82) is 5.26 Å². The van der Waals surface area contributed by atoms with Gasteiger partial charge in [-0.3, -0.25) is 0 Å². The second-order valence-electron chi connectivity index (χ2n) is 2.42. The van der Waals surface area contributed by atoms with E-state index in [0.29, 0.717) is 11.1 Å². The second kappa shape index (κ2) is 4.75. The van der Waals surface area contributed by atoms with Crippen LogP contribution in [0.15, 0.2) is 16.6 Å². The quantitative estimate of drug-likeness (QED) is 0.568. The number of hydrogen-bond donors (Lipinski definition) is 0. The maximum Gasteiger partial charge on any atom is 0.337 e. The first-order chi connectivity index (χ1) is 6.60. The van der Waals surface area contributed by atoms with Gasteiger partial charge in [0.15, 0.2) is 0 Å². The molecule has 0 aliphatic heterocycles. The second-order valence-corrected chi connectivity index (χ2v) is 4.36. The molecule has 1 aromatic rings. The van der Waals surface area contributed by atoms with E-state index in [-0.39, 0.29) is 0 Å². The van der Waals surface area contributed by atoms with Crippen LogP contribution < -0.4 is 0 Å². The van der Waals surface area contributed by atoms with Crippen molar-refractivity contribution in [3.05, 3.63) is 31.3 Å². The summed E-state index contributed by atoms with van der Waals surface area (Å²) in [6, 6.07) is 5.16. The van der Waals surface area contributed by atoms with Gasteiger partial charge in [-0.15, -0.1) is 0 Å². The molecule has 1 aromatic carbocycles. The molecule has 0 atom stereocenters. The maximum atomic E-state index is 11.2. The van der Waals surface area contributed by atoms with Gasteiger partial charge in [-0.2, -0.15) is 5.26 Å². The predicted octanol–water partition coefficient (Wildman–Crippen LogP) is 2.71. The van der Waals surface area contributed by atoms with Gasteiger partial charge in [-0.25, -0.2) is 4.79 Å². The largest absolute Gasteiger partial charge is 0.465 e. The lowest BCUT2D eigenvalue weighted by molar-refractivity contribution is 0.0600. The van der Waals surface area contributed by atoms with Crippen LogP contribution in [0, 0.1) is 14.9 Å². The summed E-state index contributed by atoms with van der Waals surface area (Å²) < 4.78 is 6.07. The fourth-order valence-corrected chi connectivity index (χ4v) is 1.80. The molecule has 0 aliphatic rings. The van der Waals surface area contributed by atoms with Gasteiger partial charge < -0.3 is 4.74 Å². The number of halogens is 2. The molecule has 0 saturated carbocycles. The zero-order valence-electron chi connectivity index (χ0n) is 7.17. The van der Waals surface area contributed by atoms with Gasteiger partial charge in [0, 0.05) is 8.04 Å². The molecule has 0 radical (unpaired) electrons. The molecule has 0 saturated heterocycles. The first-order valence-corrected chi connectivity index (χ1v) is 5.44. The Morgan fingerprint density at radius 2 is 2.29 bits per heavy atom. The standard InChI is InChI=1S/C9H5BrINO2/c1-14-9(13)5-2-6(4-12)8(11)7(10)3-5/h2-3H,1H3. The lowest BCUT2D eigenvalue weighted by Gasteiger charge is -2.03. The summed E-state index contributed by atoms with van der Waals surface area (Å²) in [5.41, 5.74) is 0.830. The van der Waals surface area contributed by atoms with E-state index in [2.05, 4.69) is 20.7 Å². The number of carbonyl (C=O) groups excluding carboxylic acids is 1. The molecule has 5 heteroatoms. The highest BCUT2D eigenvalue weighted by Crippen LogP contribution is 2.24. The number of rotatable bonds is 1. The number of benzene rings is 1. The van der Waals surface area contributed by atoms with E-state index in [9.17, 15) is 4.79 Å². The molecule has 0 fully saturated rings. The van der Waals surface area contributed by atoms with Gasteiger partial charge in [-0.1, -0.05) is 0 Å². The smallest absolute Gasteiger partial charge is 0.337 e. The number of nitrogens with zero attached hydrogens (tertiary/aromatic N) is 1. The third-order valence-electron chi connectivity index (χ3n) is 1.57. The monoisotopic (exact) mass is 365 g/mol. The summed E-state index contributed by atoms with van der Waals surface area (Å²) in [7, 11) is 1.31. The van der Waals surface area contributed by atoms with Gasteiger partial charge in [0.1, 0.15) is 6.07 Å². The molecular formula is C9H5BrINO2. The molecule has 0 unspecified atom stereocenters. The van der Waals surface area contributed by atoms with Crippen LogP contribution in [0.3, 0.4) is 0 Å². The van der Waals surface area contributed by atoms with E-state index in [4.69, 9.17) is 5.26 Å². The Kier molecular flexibility index (Phi) is 3.89. The minimum Gasteiger partial charge on any atom is -0.465 e. The Bertz CT molecular complexity index is 426. The first kappa shape index (κ1) is 11.5. The molecule has 0 aliphatic carbocycles. The Balaban J connectivity index is 3.32. The van der Waals surface area contributed by atoms with Crippen LogP contribution in [-0.4, -0.2) is 13.1 Å². The highest BCUT2D eigenvalue weighted by Gasteiger charge is 2.11. The van der Waals surface area contributed by atoms with Crippen molar-refractivity contribution in [1.82, 2.24) is 0 Å². The van der Waals surface area contributed by atoms with Gasteiger partial charge in [0.25, 0.3) is 0 Å². The lowest BCUT2D eigenvalue weighted by Crippen LogP contribution is -2.02. The summed E-state index contributed by atoms with van der Waals surface area (Å²) in [5, 5.41) is 8.79. The Morgan fingerprint density at radius 3 is 2.79 bits per heavy atom. The number of nitriles is 1. The summed E-state index contributed by atoms with van der Waals surface area (Å²) in [4.78, 5) is 11.2. The minimum absolute atomic E-state index is 0.372. The van der Waals surface area contributed by atoms with Gasteiger partial charge in [0.2, 0.25) is 0 Å². The topological polar surface area (TPSA) is 50.1 Å². The van der Waals surface area contributed by atoms with E-state index >= 15 is 0 Å². The SMILES string of the molecule is COC(=O)c1cc(Br)c(I)c(C#N)c1. The molecule has 3 nitrogen and oxygen atoms in total. The Labute approximate surface area is 103 Å². The molecule has 1 rings (SSSR count). The Morgan fingerprint density at radius 1 is 1.64 bits per heavy atom. The predicted molar refractivity (Wildman–Crippen MR) is 62.9 cm³/mol.